The lowest BCUT2D eigenvalue weighted by Gasteiger charge is -2.11. The smallest absolute Gasteiger partial charge is 0.148 e. The summed E-state index contributed by atoms with van der Waals surface area (Å²) in [4.78, 5) is 8.73. The molecule has 0 saturated heterocycles. The molecule has 0 saturated carbocycles. The Morgan fingerprint density at radius 1 is 1.12 bits per heavy atom. The minimum absolute atomic E-state index is 0.571. The molecule has 26 heavy (non-hydrogen) atoms. The van der Waals surface area contributed by atoms with E-state index in [1.165, 1.54) is 25.8 Å². The minimum Gasteiger partial charge on any atom is -0.504 e. The molecule has 0 aromatic carbocycles. The largest absolute Gasteiger partial charge is 0.504 e. The maximum absolute atomic E-state index is 7.48. The first-order chi connectivity index (χ1) is 12.6. The van der Waals surface area contributed by atoms with E-state index < -0.39 is 0 Å². The second-order valence-electron chi connectivity index (χ2n) is 5.24. The average molecular weight is 351 g/mol. The molecule has 0 aliphatic heterocycles. The van der Waals surface area contributed by atoms with Crippen molar-refractivity contribution in [2.45, 2.75) is 6.92 Å². The van der Waals surface area contributed by atoms with E-state index in [0.29, 0.717) is 39.7 Å². The van der Waals surface area contributed by atoms with Crippen molar-refractivity contribution in [2.75, 3.05) is 14.2 Å². The lowest BCUT2D eigenvalue weighted by atomic mass is 10.2. The molecule has 0 atom stereocenters. The number of nitrogens with zero attached hydrogens (tertiary/aromatic N) is 2. The van der Waals surface area contributed by atoms with Crippen molar-refractivity contribution in [3.63, 3.8) is 0 Å². The van der Waals surface area contributed by atoms with E-state index in [-0.39, 0.29) is 0 Å². The van der Waals surface area contributed by atoms with Crippen molar-refractivity contribution in [2.24, 2.45) is 0 Å². The number of pyridine rings is 2. The van der Waals surface area contributed by atoms with E-state index in [1.807, 2.05) is 6.92 Å². The van der Waals surface area contributed by atoms with E-state index in [0.717, 1.165) is 0 Å². The Balaban J connectivity index is 2.29. The number of ether oxygens (including phenoxy) is 2. The number of hydrogen-bond acceptors (Lipinski definition) is 7. The monoisotopic (exact) mass is 351 g/mol. The number of aromatic nitrogens is 2. The van der Waals surface area contributed by atoms with E-state index in [2.05, 4.69) is 15.3 Å². The van der Waals surface area contributed by atoms with Gasteiger partial charge in [0.25, 0.3) is 0 Å². The molecule has 2 aromatic heterocycles. The van der Waals surface area contributed by atoms with E-state index in [4.69, 9.17) is 20.3 Å². The zero-order valence-corrected chi connectivity index (χ0v) is 14.9. The molecule has 134 valence electrons. The fraction of sp³-hybridized carbons (Fsp3) is 0.158. The molecule has 0 spiro atoms. The fourth-order valence-corrected chi connectivity index (χ4v) is 2.22. The molecule has 0 fully saturated rings. The number of hydrogen-bond donors (Lipinski definition) is 3. The predicted molar refractivity (Wildman–Crippen MR) is 103 cm³/mol. The van der Waals surface area contributed by atoms with Crippen LogP contribution in [0.25, 0.3) is 11.1 Å². The van der Waals surface area contributed by atoms with Crippen LogP contribution in [0.1, 0.15) is 17.1 Å². The predicted octanol–water partition coefficient (Wildman–Crippen LogP) is 3.42. The first-order valence-corrected chi connectivity index (χ1v) is 7.86. The van der Waals surface area contributed by atoms with Crippen molar-refractivity contribution >= 4 is 23.6 Å². The molecule has 3 N–H and O–H groups in total. The minimum atomic E-state index is 0.571. The van der Waals surface area contributed by atoms with Crippen LogP contribution < -0.4 is 10.1 Å². The van der Waals surface area contributed by atoms with Crippen LogP contribution in [0.2, 0.25) is 0 Å². The quantitative estimate of drug-likeness (QED) is 0.499. The summed E-state index contributed by atoms with van der Waals surface area (Å²) in [6, 6.07) is 7.07. The molecule has 2 heterocycles. The third-order valence-electron chi connectivity index (χ3n) is 3.44. The average Bonchev–Trinajstić information content (AvgIpc) is 2.66. The molecule has 2 rings (SSSR count). The van der Waals surface area contributed by atoms with Crippen molar-refractivity contribution in [3.8, 4) is 11.5 Å². The molecule has 0 aliphatic carbocycles. The summed E-state index contributed by atoms with van der Waals surface area (Å²) in [5.41, 5.74) is 3.15. The molecule has 0 aliphatic rings. The first kappa shape index (κ1) is 18.9. The van der Waals surface area contributed by atoms with Crippen LogP contribution in [0.4, 0.5) is 0 Å². The van der Waals surface area contributed by atoms with Crippen molar-refractivity contribution in [1.82, 2.24) is 15.3 Å². The number of methoxy groups -OCH3 is 1. The van der Waals surface area contributed by atoms with Crippen LogP contribution in [-0.4, -0.2) is 36.6 Å². The lowest BCUT2D eigenvalue weighted by molar-refractivity contribution is 0.340. The summed E-state index contributed by atoms with van der Waals surface area (Å²) < 4.78 is 10.9. The highest BCUT2D eigenvalue weighted by molar-refractivity contribution is 6.07. The molecular weight excluding hydrogens is 330 g/mol. The number of nitrogens with one attached hydrogen (secondary N) is 3. The molecule has 0 bridgehead atoms. The second kappa shape index (κ2) is 9.12. The maximum atomic E-state index is 7.48. The molecule has 7 nitrogen and oxygen atoms in total. The Morgan fingerprint density at radius 2 is 1.88 bits per heavy atom. The Hall–Kier alpha value is -3.48. The normalized spacial score (nSPS) is 11.7. The van der Waals surface area contributed by atoms with Gasteiger partial charge < -0.3 is 25.6 Å². The SMILES string of the molecule is CN/C=C(\C=N)c1cc(Oc2ccc(/C(C=N)=C\OC)nc2C)ccn1. The Labute approximate surface area is 152 Å². The first-order valence-electron chi connectivity index (χ1n) is 7.86. The van der Waals surface area contributed by atoms with Gasteiger partial charge in [-0.1, -0.05) is 0 Å². The van der Waals surface area contributed by atoms with E-state index in [1.54, 1.807) is 43.7 Å². The number of rotatable bonds is 8. The van der Waals surface area contributed by atoms with Crippen LogP contribution in [0.15, 0.2) is 42.9 Å². The summed E-state index contributed by atoms with van der Waals surface area (Å²) in [6.07, 6.45) is 7.21. The lowest BCUT2D eigenvalue weighted by Crippen LogP contribution is -2.00. The fourth-order valence-electron chi connectivity index (χ4n) is 2.22. The standard InChI is InChI=1S/C19H21N5O2/c1-13-19(5-4-17(24-13)15(10-21)12-25-3)26-16-6-7-23-18(8-16)14(9-20)11-22-2/h4-12,20-22H,1-3H3/b14-11+,15-12-,20-9?,21-10?. The Kier molecular flexibility index (Phi) is 6.61. The summed E-state index contributed by atoms with van der Waals surface area (Å²) in [5, 5.41) is 17.8. The van der Waals surface area contributed by atoms with Gasteiger partial charge in [-0.25, -0.2) is 4.98 Å². The van der Waals surface area contributed by atoms with Crippen LogP contribution in [0.5, 0.6) is 11.5 Å². The van der Waals surface area contributed by atoms with Gasteiger partial charge in [0.2, 0.25) is 0 Å². The van der Waals surface area contributed by atoms with Crippen LogP contribution in [-0.2, 0) is 4.74 Å². The van der Waals surface area contributed by atoms with Gasteiger partial charge in [0.05, 0.1) is 36.0 Å². The Bertz CT molecular complexity index is 859. The van der Waals surface area contributed by atoms with Gasteiger partial charge >= 0.3 is 0 Å². The molecule has 7 heteroatoms. The molecule has 0 unspecified atom stereocenters. The van der Waals surface area contributed by atoms with Crippen molar-refractivity contribution < 1.29 is 9.47 Å². The van der Waals surface area contributed by atoms with Gasteiger partial charge in [-0.15, -0.1) is 0 Å². The van der Waals surface area contributed by atoms with Crippen molar-refractivity contribution in [1.29, 1.82) is 10.8 Å². The highest BCUT2D eigenvalue weighted by Crippen LogP contribution is 2.26. The van der Waals surface area contributed by atoms with Gasteiger partial charge in [-0.2, -0.15) is 0 Å². The number of aryl methyl sites for hydroxylation is 1. The van der Waals surface area contributed by atoms with Gasteiger partial charge in [-0.3, -0.25) is 4.98 Å². The Morgan fingerprint density at radius 3 is 2.50 bits per heavy atom. The summed E-state index contributed by atoms with van der Waals surface area (Å²) in [7, 11) is 3.29. The van der Waals surface area contributed by atoms with Gasteiger partial charge in [0, 0.05) is 43.5 Å². The highest BCUT2D eigenvalue weighted by atomic mass is 16.5. The molecule has 2 aromatic rings. The molecule has 0 amide bonds. The van der Waals surface area contributed by atoms with E-state index >= 15 is 0 Å². The van der Waals surface area contributed by atoms with Crippen LogP contribution in [0, 0.1) is 17.7 Å². The summed E-state index contributed by atoms with van der Waals surface area (Å²) >= 11 is 0. The molecular formula is C19H21N5O2. The third-order valence-corrected chi connectivity index (χ3v) is 3.44. The third kappa shape index (κ3) is 4.54. The maximum Gasteiger partial charge on any atom is 0.148 e. The van der Waals surface area contributed by atoms with E-state index in [9.17, 15) is 0 Å². The molecule has 0 radical (unpaired) electrons. The second-order valence-corrected chi connectivity index (χ2v) is 5.24. The van der Waals surface area contributed by atoms with Gasteiger partial charge in [0.15, 0.2) is 0 Å². The number of allylic oxidation sites excluding steroid dienone is 2. The summed E-state index contributed by atoms with van der Waals surface area (Å²) in [6.45, 7) is 1.83. The zero-order valence-electron chi connectivity index (χ0n) is 14.9. The highest BCUT2D eigenvalue weighted by Gasteiger charge is 2.09. The van der Waals surface area contributed by atoms with Crippen molar-refractivity contribution in [3.05, 3.63) is 60.0 Å². The van der Waals surface area contributed by atoms with Gasteiger partial charge in [-0.05, 0) is 25.1 Å². The van der Waals surface area contributed by atoms with Crippen LogP contribution >= 0.6 is 0 Å². The summed E-state index contributed by atoms with van der Waals surface area (Å²) in [5.74, 6) is 1.19. The topological polar surface area (TPSA) is 104 Å². The van der Waals surface area contributed by atoms with Gasteiger partial charge in [0.1, 0.15) is 11.5 Å². The van der Waals surface area contributed by atoms with Crippen LogP contribution in [0.3, 0.4) is 0 Å². The zero-order chi connectivity index (χ0) is 18.9.